The third kappa shape index (κ3) is 4.63. The summed E-state index contributed by atoms with van der Waals surface area (Å²) in [5, 5.41) is 7.95. The van der Waals surface area contributed by atoms with E-state index in [2.05, 4.69) is 25.2 Å². The van der Waals surface area contributed by atoms with Gasteiger partial charge in [0, 0.05) is 29.0 Å². The highest BCUT2D eigenvalue weighted by Gasteiger charge is 2.20. The molecular weight excluding hydrogens is 440 g/mol. The van der Waals surface area contributed by atoms with Gasteiger partial charge < -0.3 is 10.2 Å². The quantitative estimate of drug-likeness (QED) is 0.275. The maximum absolute atomic E-state index is 10.3. The Hall–Kier alpha value is -3.60. The molecule has 2 heterocycles. The van der Waals surface area contributed by atoms with Crippen molar-refractivity contribution in [2.75, 3.05) is 7.05 Å². The molecule has 0 unspecified atom stereocenters. The van der Waals surface area contributed by atoms with Gasteiger partial charge in [0.05, 0.1) is 23.0 Å². The third-order valence-electron chi connectivity index (χ3n) is 5.10. The molecule has 0 aliphatic heterocycles. The summed E-state index contributed by atoms with van der Waals surface area (Å²) >= 11 is 0. The van der Waals surface area contributed by atoms with Crippen molar-refractivity contribution in [3.63, 3.8) is 0 Å². The molecule has 0 atom stereocenters. The van der Waals surface area contributed by atoms with E-state index in [9.17, 15) is 9.11 Å². The number of amidine groups is 1. The Bertz CT molecular complexity index is 1280. The van der Waals surface area contributed by atoms with E-state index in [1.807, 2.05) is 24.3 Å². The van der Waals surface area contributed by atoms with Crippen molar-refractivity contribution in [3.05, 3.63) is 66.5 Å². The lowest BCUT2D eigenvalue weighted by atomic mass is 10.1. The molecule has 0 amide bonds. The standard InChI is InChI=1S/C23H24N6O3S/c1-14(2)33(30,31)18-10-8-15(9-11-18)19-12-26-13-20(27-19)23-29-28-22(32-23)17-6-4-16(5-7-17)21(24)25-3/h4-14,30-31H,1-3H3,(H2,24,25). The second-order valence-electron chi connectivity index (χ2n) is 7.55. The minimum absolute atomic E-state index is 0.240. The first-order chi connectivity index (χ1) is 15.8. The molecule has 4 aromatic rings. The van der Waals surface area contributed by atoms with Gasteiger partial charge in [-0.25, -0.2) is 4.98 Å². The zero-order chi connectivity index (χ0) is 23.6. The molecule has 0 saturated heterocycles. The third-order valence-corrected chi connectivity index (χ3v) is 7.38. The van der Waals surface area contributed by atoms with Crippen molar-refractivity contribution < 1.29 is 13.5 Å². The van der Waals surface area contributed by atoms with Crippen LogP contribution in [-0.2, 0) is 0 Å². The Morgan fingerprint density at radius 2 is 1.52 bits per heavy atom. The summed E-state index contributed by atoms with van der Waals surface area (Å²) < 4.78 is 26.5. The van der Waals surface area contributed by atoms with Gasteiger partial charge in [-0.1, -0.05) is 24.3 Å². The lowest BCUT2D eigenvalue weighted by Crippen LogP contribution is -2.12. The number of hydrogen-bond donors (Lipinski definition) is 3. The summed E-state index contributed by atoms with van der Waals surface area (Å²) in [4.78, 5) is 13.3. The highest BCUT2D eigenvalue weighted by molar-refractivity contribution is 8.24. The normalized spacial score (nSPS) is 12.8. The molecular formula is C23H24N6O3S. The zero-order valence-electron chi connectivity index (χ0n) is 18.4. The molecule has 0 fully saturated rings. The molecule has 170 valence electrons. The number of aromatic nitrogens is 4. The lowest BCUT2D eigenvalue weighted by Gasteiger charge is -2.36. The van der Waals surface area contributed by atoms with E-state index in [-0.39, 0.29) is 11.1 Å². The molecule has 9 nitrogen and oxygen atoms in total. The van der Waals surface area contributed by atoms with Crippen molar-refractivity contribution in [1.29, 1.82) is 0 Å². The largest absolute Gasteiger partial charge is 0.415 e. The summed E-state index contributed by atoms with van der Waals surface area (Å²) in [7, 11) is -1.21. The number of benzene rings is 2. The van der Waals surface area contributed by atoms with E-state index < -0.39 is 10.6 Å². The van der Waals surface area contributed by atoms with E-state index in [1.165, 1.54) is 0 Å². The first-order valence-corrected chi connectivity index (χ1v) is 11.8. The van der Waals surface area contributed by atoms with Gasteiger partial charge >= 0.3 is 0 Å². The van der Waals surface area contributed by atoms with Crippen molar-refractivity contribution in [3.8, 4) is 34.3 Å². The Morgan fingerprint density at radius 3 is 2.15 bits per heavy atom. The first kappa shape index (κ1) is 22.6. The minimum Gasteiger partial charge on any atom is -0.415 e. The van der Waals surface area contributed by atoms with Gasteiger partial charge in [0.15, 0.2) is 0 Å². The Morgan fingerprint density at radius 1 is 0.909 bits per heavy atom. The number of nitrogens with two attached hydrogens (primary N) is 1. The summed E-state index contributed by atoms with van der Waals surface area (Å²) in [6.07, 6.45) is 3.17. The number of hydrogen-bond acceptors (Lipinski definition) is 8. The van der Waals surface area contributed by atoms with E-state index >= 15 is 0 Å². The van der Waals surface area contributed by atoms with Crippen LogP contribution >= 0.6 is 10.6 Å². The van der Waals surface area contributed by atoms with Gasteiger partial charge in [0.25, 0.3) is 5.89 Å². The van der Waals surface area contributed by atoms with E-state index in [0.717, 1.165) is 16.7 Å². The van der Waals surface area contributed by atoms with Gasteiger partial charge in [-0.05, 0) is 38.1 Å². The van der Waals surface area contributed by atoms with Gasteiger partial charge in [0.1, 0.15) is 11.5 Å². The fourth-order valence-corrected chi connectivity index (χ4v) is 4.14. The molecule has 0 aliphatic carbocycles. The summed E-state index contributed by atoms with van der Waals surface area (Å²) in [6, 6.07) is 14.3. The number of rotatable bonds is 6. The van der Waals surface area contributed by atoms with Crippen molar-refractivity contribution >= 4 is 16.4 Å². The lowest BCUT2D eigenvalue weighted by molar-refractivity contribution is 0.476. The van der Waals surface area contributed by atoms with Gasteiger partial charge in [-0.2, -0.15) is 10.6 Å². The summed E-state index contributed by atoms with van der Waals surface area (Å²) in [5.41, 5.74) is 9.18. The van der Waals surface area contributed by atoms with E-state index in [0.29, 0.717) is 28.0 Å². The van der Waals surface area contributed by atoms with Crippen molar-refractivity contribution in [1.82, 2.24) is 20.2 Å². The molecule has 0 bridgehead atoms. The molecule has 2 aromatic carbocycles. The molecule has 0 spiro atoms. The van der Waals surface area contributed by atoms with Crippen molar-refractivity contribution in [2.24, 2.45) is 10.7 Å². The maximum atomic E-state index is 10.3. The highest BCUT2D eigenvalue weighted by Crippen LogP contribution is 2.52. The fraction of sp³-hybridized carbons (Fsp3) is 0.174. The van der Waals surface area contributed by atoms with E-state index in [4.69, 9.17) is 10.2 Å². The Balaban J connectivity index is 1.58. The predicted octanol–water partition coefficient (Wildman–Crippen LogP) is 4.71. The highest BCUT2D eigenvalue weighted by atomic mass is 32.3. The van der Waals surface area contributed by atoms with Gasteiger partial charge in [0.2, 0.25) is 5.89 Å². The van der Waals surface area contributed by atoms with Gasteiger partial charge in [-0.3, -0.25) is 19.1 Å². The molecule has 0 radical (unpaired) electrons. The Labute approximate surface area is 192 Å². The van der Waals surface area contributed by atoms with Crippen molar-refractivity contribution in [2.45, 2.75) is 24.0 Å². The van der Waals surface area contributed by atoms with Crippen LogP contribution in [0.3, 0.4) is 0 Å². The molecule has 0 aliphatic rings. The smallest absolute Gasteiger partial charge is 0.268 e. The van der Waals surface area contributed by atoms with Crippen LogP contribution < -0.4 is 5.73 Å². The topological polar surface area (TPSA) is 144 Å². The molecule has 2 aromatic heterocycles. The second kappa shape index (κ2) is 9.10. The van der Waals surface area contributed by atoms with Crippen LogP contribution in [0.5, 0.6) is 0 Å². The van der Waals surface area contributed by atoms with Crippen LogP contribution in [0.25, 0.3) is 34.3 Å². The Kier molecular flexibility index (Phi) is 6.23. The van der Waals surface area contributed by atoms with Crippen LogP contribution in [0.1, 0.15) is 19.4 Å². The van der Waals surface area contributed by atoms with Crippen LogP contribution in [0.4, 0.5) is 0 Å². The average molecular weight is 465 g/mol. The van der Waals surface area contributed by atoms with Crippen LogP contribution in [0, 0.1) is 0 Å². The van der Waals surface area contributed by atoms with Crippen LogP contribution in [0.15, 0.2) is 75.2 Å². The number of aliphatic imine (C=N–C) groups is 1. The fourth-order valence-electron chi connectivity index (χ4n) is 3.06. The van der Waals surface area contributed by atoms with Crippen LogP contribution in [0.2, 0.25) is 0 Å². The molecule has 4 rings (SSSR count). The predicted molar refractivity (Wildman–Crippen MR) is 129 cm³/mol. The number of nitrogens with zero attached hydrogens (tertiary/aromatic N) is 5. The monoisotopic (exact) mass is 464 g/mol. The minimum atomic E-state index is -2.84. The second-order valence-corrected chi connectivity index (χ2v) is 10.2. The SMILES string of the molecule is CN=C(N)c1ccc(-c2nnc(-c3cncc(-c4ccc(S(O)(O)C(C)C)cc4)n3)o2)cc1. The van der Waals surface area contributed by atoms with Gasteiger partial charge in [-0.15, -0.1) is 10.2 Å². The average Bonchev–Trinajstić information content (AvgIpc) is 3.34. The molecule has 0 saturated carbocycles. The molecule has 33 heavy (non-hydrogen) atoms. The molecule has 4 N–H and O–H groups in total. The summed E-state index contributed by atoms with van der Waals surface area (Å²) in [5.74, 6) is 1.03. The van der Waals surface area contributed by atoms with Crippen LogP contribution in [-0.4, -0.2) is 47.4 Å². The summed E-state index contributed by atoms with van der Waals surface area (Å²) in [6.45, 7) is 3.56. The zero-order valence-corrected chi connectivity index (χ0v) is 19.2. The van der Waals surface area contributed by atoms with E-state index in [1.54, 1.807) is 57.6 Å². The maximum Gasteiger partial charge on any atom is 0.268 e. The molecule has 10 heteroatoms. The first-order valence-electron chi connectivity index (χ1n) is 10.2.